The van der Waals surface area contributed by atoms with Gasteiger partial charge in [0.2, 0.25) is 0 Å². The fourth-order valence-corrected chi connectivity index (χ4v) is 8.45. The highest BCUT2D eigenvalue weighted by molar-refractivity contribution is 6.09. The number of para-hydroxylation sites is 1. The summed E-state index contributed by atoms with van der Waals surface area (Å²) in [6, 6.07) is 56.2. The van der Waals surface area contributed by atoms with Crippen molar-refractivity contribution in [3.8, 4) is 33.4 Å². The van der Waals surface area contributed by atoms with Gasteiger partial charge in [-0.25, -0.2) is 0 Å². The highest BCUT2D eigenvalue weighted by Gasteiger charge is 2.37. The first-order valence-electron chi connectivity index (χ1n) is 16.7. The van der Waals surface area contributed by atoms with E-state index in [1.807, 2.05) is 0 Å². The Morgan fingerprint density at radius 2 is 0.936 bits per heavy atom. The maximum absolute atomic E-state index is 2.46. The molecule has 0 saturated heterocycles. The van der Waals surface area contributed by atoms with E-state index in [1.165, 1.54) is 77.8 Å². The third-order valence-electron chi connectivity index (χ3n) is 10.8. The summed E-state index contributed by atoms with van der Waals surface area (Å²) in [5.74, 6) is 0. The molecule has 7 aromatic rings. The minimum atomic E-state index is -0.183. The second kappa shape index (κ2) is 10.0. The largest absolute Gasteiger partial charge is 0.310 e. The lowest BCUT2D eigenvalue weighted by atomic mass is 9.67. The summed E-state index contributed by atoms with van der Waals surface area (Å²) in [5, 5.41) is 2.67. The van der Waals surface area contributed by atoms with E-state index in [-0.39, 0.29) is 10.8 Å². The number of fused-ring (bicyclic) bond motifs is 5. The van der Waals surface area contributed by atoms with Gasteiger partial charge in [0.1, 0.15) is 0 Å². The molecule has 0 heterocycles. The summed E-state index contributed by atoms with van der Waals surface area (Å²) < 4.78 is 0. The Labute approximate surface area is 277 Å². The van der Waals surface area contributed by atoms with Crippen LogP contribution >= 0.6 is 0 Å². The Balaban J connectivity index is 1.27. The Bertz CT molecular complexity index is 2340. The van der Waals surface area contributed by atoms with Gasteiger partial charge in [-0.2, -0.15) is 0 Å². The van der Waals surface area contributed by atoms with Crippen molar-refractivity contribution in [2.24, 2.45) is 0 Å². The maximum atomic E-state index is 2.46. The molecule has 0 bridgehead atoms. The Morgan fingerprint density at radius 1 is 0.383 bits per heavy atom. The van der Waals surface area contributed by atoms with Crippen LogP contribution in [0.2, 0.25) is 0 Å². The standard InChI is InChI=1S/C46H37N/c1-45(2)39-20-12-11-19-36(39)37-26-23-33(28-41(37)45)47(32-17-9-6-10-18-32)34-24-27-38-42(29-34)46(3,4)40-21-13-16-31-22-25-35(44(38)43(31)40)30-14-7-5-8-15-30/h5-29H,1-4H3. The molecule has 0 unspecified atom stereocenters. The molecule has 0 spiro atoms. The molecule has 1 nitrogen and oxygen atoms in total. The smallest absolute Gasteiger partial charge is 0.0465 e. The van der Waals surface area contributed by atoms with E-state index in [4.69, 9.17) is 0 Å². The zero-order valence-electron chi connectivity index (χ0n) is 27.4. The molecule has 0 aliphatic heterocycles. The third kappa shape index (κ3) is 4.02. The molecule has 0 fully saturated rings. The van der Waals surface area contributed by atoms with Crippen molar-refractivity contribution in [1.29, 1.82) is 0 Å². The second-order valence-corrected chi connectivity index (χ2v) is 14.2. The van der Waals surface area contributed by atoms with Crippen LogP contribution in [0, 0.1) is 0 Å². The van der Waals surface area contributed by atoms with Gasteiger partial charge in [-0.3, -0.25) is 0 Å². The maximum Gasteiger partial charge on any atom is 0.0465 e. The number of anilines is 3. The third-order valence-corrected chi connectivity index (χ3v) is 10.8. The normalized spacial score (nSPS) is 14.7. The molecule has 2 aliphatic rings. The number of benzene rings is 7. The van der Waals surface area contributed by atoms with Gasteiger partial charge < -0.3 is 4.90 Å². The van der Waals surface area contributed by atoms with Gasteiger partial charge in [-0.05, 0) is 103 Å². The summed E-state index contributed by atoms with van der Waals surface area (Å²) in [4.78, 5) is 2.44. The predicted molar refractivity (Wildman–Crippen MR) is 199 cm³/mol. The van der Waals surface area contributed by atoms with Crippen LogP contribution in [0.1, 0.15) is 49.9 Å². The lowest BCUT2D eigenvalue weighted by Crippen LogP contribution is -2.24. The summed E-state index contributed by atoms with van der Waals surface area (Å²) in [6.07, 6.45) is 0. The molecule has 0 saturated carbocycles. The zero-order chi connectivity index (χ0) is 31.9. The van der Waals surface area contributed by atoms with Gasteiger partial charge in [0.25, 0.3) is 0 Å². The van der Waals surface area contributed by atoms with Crippen LogP contribution in [0.25, 0.3) is 44.2 Å². The molecule has 0 aromatic heterocycles. The molecule has 0 atom stereocenters. The first-order valence-corrected chi connectivity index (χ1v) is 16.7. The van der Waals surface area contributed by atoms with Crippen molar-refractivity contribution >= 4 is 27.8 Å². The number of hydrogen-bond donors (Lipinski definition) is 0. The SMILES string of the molecule is CC1(C)c2ccccc2-c2ccc(N(c3ccccc3)c3ccc4c(c3)C(C)(C)c3cccc5ccc(-c6ccccc6)c-4c35)cc21. The van der Waals surface area contributed by atoms with Crippen LogP contribution in [-0.4, -0.2) is 0 Å². The Morgan fingerprint density at radius 3 is 1.68 bits per heavy atom. The van der Waals surface area contributed by atoms with Crippen LogP contribution in [0.3, 0.4) is 0 Å². The van der Waals surface area contributed by atoms with E-state index in [1.54, 1.807) is 0 Å². The lowest BCUT2D eigenvalue weighted by Gasteiger charge is -2.37. The van der Waals surface area contributed by atoms with Crippen LogP contribution in [-0.2, 0) is 10.8 Å². The van der Waals surface area contributed by atoms with E-state index in [0.29, 0.717) is 0 Å². The van der Waals surface area contributed by atoms with Crippen LogP contribution in [0.5, 0.6) is 0 Å². The van der Waals surface area contributed by atoms with Gasteiger partial charge >= 0.3 is 0 Å². The zero-order valence-corrected chi connectivity index (χ0v) is 27.4. The highest BCUT2D eigenvalue weighted by atomic mass is 15.1. The van der Waals surface area contributed by atoms with E-state index in [2.05, 4.69) is 184 Å². The quantitative estimate of drug-likeness (QED) is 0.193. The van der Waals surface area contributed by atoms with Gasteiger partial charge in [0.15, 0.2) is 0 Å². The first-order chi connectivity index (χ1) is 22.8. The summed E-state index contributed by atoms with van der Waals surface area (Å²) in [5.41, 5.74) is 16.7. The number of nitrogens with zero attached hydrogens (tertiary/aromatic N) is 1. The predicted octanol–water partition coefficient (Wildman–Crippen LogP) is 12.6. The van der Waals surface area contributed by atoms with Crippen LogP contribution < -0.4 is 4.90 Å². The molecular formula is C46H37N. The van der Waals surface area contributed by atoms with Crippen molar-refractivity contribution in [1.82, 2.24) is 0 Å². The molecule has 0 amide bonds. The topological polar surface area (TPSA) is 3.24 Å². The molecule has 2 aliphatic carbocycles. The Kier molecular flexibility index (Phi) is 5.96. The molecular weight excluding hydrogens is 567 g/mol. The highest BCUT2D eigenvalue weighted by Crippen LogP contribution is 2.54. The van der Waals surface area contributed by atoms with Crippen molar-refractivity contribution in [2.75, 3.05) is 4.90 Å². The lowest BCUT2D eigenvalue weighted by molar-refractivity contribution is 0.645. The summed E-state index contributed by atoms with van der Waals surface area (Å²) in [6.45, 7) is 9.51. The molecule has 0 radical (unpaired) electrons. The van der Waals surface area contributed by atoms with E-state index in [0.717, 1.165) is 5.69 Å². The first kappa shape index (κ1) is 27.9. The molecule has 9 rings (SSSR count). The van der Waals surface area contributed by atoms with Gasteiger partial charge in [-0.15, -0.1) is 0 Å². The van der Waals surface area contributed by atoms with Gasteiger partial charge in [-0.1, -0.05) is 143 Å². The van der Waals surface area contributed by atoms with Crippen molar-refractivity contribution in [2.45, 2.75) is 38.5 Å². The fraction of sp³-hybridized carbons (Fsp3) is 0.130. The fourth-order valence-electron chi connectivity index (χ4n) is 8.45. The molecule has 0 N–H and O–H groups in total. The average molecular weight is 604 g/mol. The molecule has 7 aromatic carbocycles. The second-order valence-electron chi connectivity index (χ2n) is 14.2. The summed E-state index contributed by atoms with van der Waals surface area (Å²) in [7, 11) is 0. The monoisotopic (exact) mass is 603 g/mol. The van der Waals surface area contributed by atoms with E-state index >= 15 is 0 Å². The minimum absolute atomic E-state index is 0.0711. The molecule has 226 valence electrons. The van der Waals surface area contributed by atoms with E-state index in [9.17, 15) is 0 Å². The van der Waals surface area contributed by atoms with Crippen LogP contribution in [0.4, 0.5) is 17.1 Å². The number of hydrogen-bond acceptors (Lipinski definition) is 1. The summed E-state index contributed by atoms with van der Waals surface area (Å²) >= 11 is 0. The molecule has 47 heavy (non-hydrogen) atoms. The Hall–Kier alpha value is -5.40. The average Bonchev–Trinajstić information content (AvgIpc) is 3.34. The minimum Gasteiger partial charge on any atom is -0.310 e. The van der Waals surface area contributed by atoms with E-state index < -0.39 is 0 Å². The van der Waals surface area contributed by atoms with Gasteiger partial charge in [0.05, 0.1) is 0 Å². The van der Waals surface area contributed by atoms with Crippen molar-refractivity contribution in [3.05, 3.63) is 174 Å². The number of rotatable bonds is 4. The van der Waals surface area contributed by atoms with Crippen molar-refractivity contribution in [3.63, 3.8) is 0 Å². The van der Waals surface area contributed by atoms with Gasteiger partial charge in [0, 0.05) is 27.9 Å². The van der Waals surface area contributed by atoms with Crippen molar-refractivity contribution < 1.29 is 0 Å². The molecule has 1 heteroatoms. The van der Waals surface area contributed by atoms with Crippen LogP contribution in [0.15, 0.2) is 152 Å².